The molecule has 4 rings (SSSR count). The summed E-state index contributed by atoms with van der Waals surface area (Å²) in [5.41, 5.74) is 1.41. The van der Waals surface area contributed by atoms with Gasteiger partial charge < -0.3 is 15.3 Å². The Labute approximate surface area is 158 Å². The average molecular weight is 377 g/mol. The molecule has 0 atom stereocenters. The van der Waals surface area contributed by atoms with Crippen LogP contribution < -0.4 is 16.4 Å². The number of fused-ring (bicyclic) bond motifs is 2. The summed E-state index contributed by atoms with van der Waals surface area (Å²) >= 11 is 0. The summed E-state index contributed by atoms with van der Waals surface area (Å²) in [4.78, 5) is 42.1. The second-order valence-electron chi connectivity index (χ2n) is 6.64. The van der Waals surface area contributed by atoms with E-state index in [1.165, 1.54) is 24.3 Å². The van der Waals surface area contributed by atoms with Crippen molar-refractivity contribution in [2.75, 3.05) is 0 Å². The maximum atomic E-state index is 13.3. The Bertz CT molecular complexity index is 1350. The lowest BCUT2D eigenvalue weighted by atomic mass is 10.1. The van der Waals surface area contributed by atoms with E-state index in [2.05, 4.69) is 15.3 Å². The van der Waals surface area contributed by atoms with E-state index in [1.807, 2.05) is 25.1 Å². The molecule has 2 aromatic carbocycles. The van der Waals surface area contributed by atoms with E-state index in [9.17, 15) is 18.8 Å². The number of rotatable bonds is 3. The zero-order chi connectivity index (χ0) is 19.8. The van der Waals surface area contributed by atoms with Gasteiger partial charge in [0.05, 0.1) is 5.52 Å². The third-order valence-electron chi connectivity index (χ3n) is 4.57. The lowest BCUT2D eigenvalue weighted by Crippen LogP contribution is -2.31. The molecule has 140 valence electrons. The fraction of sp³-hybridized carbons (Fsp3) is 0.0952. The molecular formula is C21H16FN3O3. The van der Waals surface area contributed by atoms with Gasteiger partial charge >= 0.3 is 0 Å². The first kappa shape index (κ1) is 17.7. The smallest absolute Gasteiger partial charge is 0.261 e. The predicted molar refractivity (Wildman–Crippen MR) is 105 cm³/mol. The second-order valence-corrected chi connectivity index (χ2v) is 6.64. The van der Waals surface area contributed by atoms with E-state index in [0.717, 1.165) is 10.9 Å². The van der Waals surface area contributed by atoms with Gasteiger partial charge in [-0.25, -0.2) is 4.39 Å². The molecule has 0 spiro atoms. The highest BCUT2D eigenvalue weighted by atomic mass is 19.1. The van der Waals surface area contributed by atoms with E-state index in [1.54, 1.807) is 6.07 Å². The number of aryl methyl sites for hydroxylation is 1. The van der Waals surface area contributed by atoms with Gasteiger partial charge in [0, 0.05) is 17.6 Å². The zero-order valence-electron chi connectivity index (χ0n) is 14.9. The first-order valence-electron chi connectivity index (χ1n) is 8.64. The maximum absolute atomic E-state index is 13.3. The molecule has 0 aliphatic heterocycles. The van der Waals surface area contributed by atoms with Crippen LogP contribution >= 0.6 is 0 Å². The quantitative estimate of drug-likeness (QED) is 0.512. The molecule has 0 saturated heterocycles. The minimum Gasteiger partial charge on any atom is -0.348 e. The summed E-state index contributed by atoms with van der Waals surface area (Å²) < 4.78 is 13.3. The number of H-pyrrole nitrogens is 2. The number of hydrogen-bond donors (Lipinski definition) is 3. The van der Waals surface area contributed by atoms with Gasteiger partial charge in [0.2, 0.25) is 0 Å². The van der Waals surface area contributed by atoms with Gasteiger partial charge in [-0.3, -0.25) is 14.4 Å². The van der Waals surface area contributed by atoms with Crippen LogP contribution in [0.1, 0.15) is 21.5 Å². The van der Waals surface area contributed by atoms with Crippen molar-refractivity contribution in [3.8, 4) is 0 Å². The van der Waals surface area contributed by atoms with Crippen LogP contribution in [0.4, 0.5) is 4.39 Å². The van der Waals surface area contributed by atoms with E-state index in [4.69, 9.17) is 0 Å². The highest BCUT2D eigenvalue weighted by Crippen LogP contribution is 2.14. The van der Waals surface area contributed by atoms with Crippen molar-refractivity contribution in [2.45, 2.75) is 13.5 Å². The molecule has 0 aliphatic carbocycles. The molecule has 7 heteroatoms. The third-order valence-corrected chi connectivity index (χ3v) is 4.57. The minimum absolute atomic E-state index is 0.0288. The van der Waals surface area contributed by atoms with Gasteiger partial charge in [-0.2, -0.15) is 0 Å². The van der Waals surface area contributed by atoms with Crippen LogP contribution in [0.3, 0.4) is 0 Å². The lowest BCUT2D eigenvalue weighted by Gasteiger charge is -2.07. The Morgan fingerprint density at radius 2 is 1.71 bits per heavy atom. The molecular weight excluding hydrogens is 361 g/mol. The van der Waals surface area contributed by atoms with Gasteiger partial charge in [0.1, 0.15) is 11.4 Å². The van der Waals surface area contributed by atoms with Crippen LogP contribution in [-0.4, -0.2) is 15.9 Å². The van der Waals surface area contributed by atoms with Crippen molar-refractivity contribution in [1.82, 2.24) is 15.3 Å². The fourth-order valence-corrected chi connectivity index (χ4v) is 3.12. The number of benzene rings is 2. The summed E-state index contributed by atoms with van der Waals surface area (Å²) in [6.07, 6.45) is 0. The zero-order valence-corrected chi connectivity index (χ0v) is 14.9. The Balaban J connectivity index is 1.62. The number of carbonyl (C=O) groups excluding carboxylic acids is 1. The number of aromatic amines is 2. The number of aromatic nitrogens is 2. The van der Waals surface area contributed by atoms with Crippen molar-refractivity contribution >= 4 is 27.7 Å². The molecule has 1 amide bonds. The normalized spacial score (nSPS) is 11.1. The minimum atomic E-state index is -0.626. The standard InChI is InChI=1S/C21H16FN3O3/c1-11-2-5-17-13(6-11)7-14(19(26)24-17)10-23-20(27)16-8-12-3-4-15(22)9-18(12)25-21(16)28/h2-9H,10H2,1H3,(H,23,27)(H,24,26)(H,25,28). The Morgan fingerprint density at radius 3 is 2.54 bits per heavy atom. The van der Waals surface area contributed by atoms with Gasteiger partial charge in [0.25, 0.3) is 17.0 Å². The first-order chi connectivity index (χ1) is 13.4. The van der Waals surface area contributed by atoms with Crippen molar-refractivity contribution in [3.63, 3.8) is 0 Å². The van der Waals surface area contributed by atoms with Crippen molar-refractivity contribution < 1.29 is 9.18 Å². The number of nitrogens with one attached hydrogen (secondary N) is 3. The third kappa shape index (κ3) is 3.29. The highest BCUT2D eigenvalue weighted by Gasteiger charge is 2.13. The Kier molecular flexibility index (Phi) is 4.27. The van der Waals surface area contributed by atoms with Gasteiger partial charge in [-0.05, 0) is 60.2 Å². The predicted octanol–water partition coefficient (Wildman–Crippen LogP) is 2.75. The number of amides is 1. The molecule has 0 bridgehead atoms. The molecule has 6 nitrogen and oxygen atoms in total. The van der Waals surface area contributed by atoms with Gasteiger partial charge in [-0.1, -0.05) is 11.6 Å². The van der Waals surface area contributed by atoms with Crippen LogP contribution in [0.15, 0.2) is 58.1 Å². The molecule has 4 aromatic rings. The summed E-state index contributed by atoms with van der Waals surface area (Å²) in [6.45, 7) is 1.92. The van der Waals surface area contributed by atoms with Crippen LogP contribution in [0.2, 0.25) is 0 Å². The average Bonchev–Trinajstić information content (AvgIpc) is 2.65. The lowest BCUT2D eigenvalue weighted by molar-refractivity contribution is 0.0949. The van der Waals surface area contributed by atoms with Crippen LogP contribution in [-0.2, 0) is 6.54 Å². The van der Waals surface area contributed by atoms with Crippen LogP contribution in [0.25, 0.3) is 21.8 Å². The van der Waals surface area contributed by atoms with Crippen molar-refractivity contribution in [3.05, 3.63) is 91.7 Å². The summed E-state index contributed by atoms with van der Waals surface area (Å²) in [6, 6.07) is 12.7. The van der Waals surface area contributed by atoms with E-state index in [-0.39, 0.29) is 17.7 Å². The highest BCUT2D eigenvalue weighted by molar-refractivity contribution is 5.97. The number of carbonyl (C=O) groups is 1. The SMILES string of the molecule is Cc1ccc2[nH]c(=O)c(CNC(=O)c3cc4ccc(F)cc4[nH]c3=O)cc2c1. The Morgan fingerprint density at radius 1 is 0.929 bits per heavy atom. The molecule has 0 aliphatic rings. The van der Waals surface area contributed by atoms with Crippen LogP contribution in [0, 0.1) is 12.7 Å². The molecule has 0 saturated carbocycles. The number of halogens is 1. The van der Waals surface area contributed by atoms with E-state index < -0.39 is 17.3 Å². The maximum Gasteiger partial charge on any atom is 0.261 e. The van der Waals surface area contributed by atoms with Gasteiger partial charge in [-0.15, -0.1) is 0 Å². The van der Waals surface area contributed by atoms with E-state index >= 15 is 0 Å². The molecule has 0 unspecified atom stereocenters. The summed E-state index contributed by atoms with van der Waals surface area (Å²) in [7, 11) is 0. The largest absolute Gasteiger partial charge is 0.348 e. The second kappa shape index (κ2) is 6.77. The van der Waals surface area contributed by atoms with E-state index in [0.29, 0.717) is 22.0 Å². The van der Waals surface area contributed by atoms with Crippen LogP contribution in [0.5, 0.6) is 0 Å². The monoisotopic (exact) mass is 377 g/mol. The molecule has 2 aromatic heterocycles. The van der Waals surface area contributed by atoms with Gasteiger partial charge in [0.15, 0.2) is 0 Å². The Hall–Kier alpha value is -3.74. The summed E-state index contributed by atoms with van der Waals surface area (Å²) in [5, 5.41) is 3.99. The van der Waals surface area contributed by atoms with Crippen molar-refractivity contribution in [2.24, 2.45) is 0 Å². The number of hydrogen-bond acceptors (Lipinski definition) is 3. The van der Waals surface area contributed by atoms with Crippen molar-refractivity contribution in [1.29, 1.82) is 0 Å². The molecule has 3 N–H and O–H groups in total. The summed E-state index contributed by atoms with van der Waals surface area (Å²) in [5.74, 6) is -1.10. The first-order valence-corrected chi connectivity index (χ1v) is 8.64. The molecule has 28 heavy (non-hydrogen) atoms. The number of pyridine rings is 2. The molecule has 0 fully saturated rings. The molecule has 2 heterocycles. The topological polar surface area (TPSA) is 94.8 Å². The molecule has 0 radical (unpaired) electrons. The fourth-order valence-electron chi connectivity index (χ4n) is 3.12.